The third kappa shape index (κ3) is 7.03. The molecule has 0 aliphatic carbocycles. The molecule has 0 saturated carbocycles. The Labute approximate surface area is 204 Å². The second kappa shape index (κ2) is 10.9. The molecule has 0 radical (unpaired) electrons. The Bertz CT molecular complexity index is 1300. The summed E-state index contributed by atoms with van der Waals surface area (Å²) in [6.07, 6.45) is -4.64. The zero-order chi connectivity index (χ0) is 25.6. The molecule has 0 aromatic heterocycles. The SMILES string of the molecule is CCOc1ccc(NS(=O)(=O)c2ccc(OCC(=O)Nc3ccccc3C(F)(F)F)c(Cl)c2)cc1. The molecule has 0 aliphatic heterocycles. The molecule has 7 nitrogen and oxygen atoms in total. The summed E-state index contributed by atoms with van der Waals surface area (Å²) in [6.45, 7) is 1.65. The maximum absolute atomic E-state index is 13.1. The normalized spacial score (nSPS) is 11.6. The number of halogens is 4. The summed E-state index contributed by atoms with van der Waals surface area (Å²) in [4.78, 5) is 11.9. The average Bonchev–Trinajstić information content (AvgIpc) is 2.79. The predicted molar refractivity (Wildman–Crippen MR) is 125 cm³/mol. The van der Waals surface area contributed by atoms with Crippen LogP contribution >= 0.6 is 11.6 Å². The third-order valence-corrected chi connectivity index (χ3v) is 6.17. The summed E-state index contributed by atoms with van der Waals surface area (Å²) in [7, 11) is -3.99. The summed E-state index contributed by atoms with van der Waals surface area (Å²) >= 11 is 6.11. The number of benzene rings is 3. The van der Waals surface area contributed by atoms with Crippen molar-refractivity contribution in [2.45, 2.75) is 18.0 Å². The highest BCUT2D eigenvalue weighted by Crippen LogP contribution is 2.34. The lowest BCUT2D eigenvalue weighted by molar-refractivity contribution is -0.137. The molecule has 0 fully saturated rings. The number of anilines is 2. The predicted octanol–water partition coefficient (Wildman–Crippen LogP) is 5.58. The molecule has 3 aromatic rings. The zero-order valence-electron chi connectivity index (χ0n) is 18.2. The molecule has 0 aliphatic rings. The summed E-state index contributed by atoms with van der Waals surface area (Å²) < 4.78 is 77.5. The van der Waals surface area contributed by atoms with Gasteiger partial charge in [-0.3, -0.25) is 9.52 Å². The molecule has 0 unspecified atom stereocenters. The van der Waals surface area contributed by atoms with Gasteiger partial charge in [0.15, 0.2) is 6.61 Å². The van der Waals surface area contributed by atoms with Crippen LogP contribution < -0.4 is 19.5 Å². The summed E-state index contributed by atoms with van der Waals surface area (Å²) in [6, 6.07) is 14.4. The summed E-state index contributed by atoms with van der Waals surface area (Å²) in [5.74, 6) is -0.288. The maximum atomic E-state index is 13.1. The van der Waals surface area contributed by atoms with E-state index in [2.05, 4.69) is 10.0 Å². The fourth-order valence-corrected chi connectivity index (χ4v) is 4.32. The Kier molecular flexibility index (Phi) is 8.13. The van der Waals surface area contributed by atoms with Gasteiger partial charge in [0.2, 0.25) is 0 Å². The van der Waals surface area contributed by atoms with Crippen LogP contribution in [0.25, 0.3) is 0 Å². The van der Waals surface area contributed by atoms with E-state index in [0.29, 0.717) is 18.0 Å². The number of rotatable bonds is 9. The molecule has 12 heteroatoms. The Morgan fingerprint density at radius 2 is 1.69 bits per heavy atom. The first-order valence-corrected chi connectivity index (χ1v) is 12.0. The van der Waals surface area contributed by atoms with Gasteiger partial charge in [0.05, 0.1) is 27.8 Å². The number of sulfonamides is 1. The second-order valence-corrected chi connectivity index (χ2v) is 9.12. The number of amides is 1. The van der Waals surface area contributed by atoms with Gasteiger partial charge in [-0.1, -0.05) is 23.7 Å². The molecular weight excluding hydrogens is 509 g/mol. The van der Waals surface area contributed by atoms with Gasteiger partial charge in [0, 0.05) is 5.69 Å². The van der Waals surface area contributed by atoms with Crippen LogP contribution in [0.4, 0.5) is 24.5 Å². The lowest BCUT2D eigenvalue weighted by Gasteiger charge is -2.14. The van der Waals surface area contributed by atoms with Crippen LogP contribution in [-0.2, 0) is 21.0 Å². The van der Waals surface area contributed by atoms with E-state index in [4.69, 9.17) is 21.1 Å². The van der Waals surface area contributed by atoms with Crippen LogP contribution in [0.2, 0.25) is 5.02 Å². The number of alkyl halides is 3. The first-order chi connectivity index (χ1) is 16.5. The van der Waals surface area contributed by atoms with Crippen molar-refractivity contribution < 1.29 is 35.9 Å². The van der Waals surface area contributed by atoms with Crippen molar-refractivity contribution >= 4 is 38.9 Å². The van der Waals surface area contributed by atoms with Gasteiger partial charge in [-0.2, -0.15) is 13.2 Å². The number of nitrogens with one attached hydrogen (secondary N) is 2. The van der Waals surface area contributed by atoms with Crippen molar-refractivity contribution in [3.05, 3.63) is 77.3 Å². The van der Waals surface area contributed by atoms with Gasteiger partial charge >= 0.3 is 6.18 Å². The number of para-hydroxylation sites is 1. The van der Waals surface area contributed by atoms with E-state index in [1.54, 1.807) is 12.1 Å². The molecule has 186 valence electrons. The molecule has 35 heavy (non-hydrogen) atoms. The van der Waals surface area contributed by atoms with Gasteiger partial charge in [0.1, 0.15) is 11.5 Å². The summed E-state index contributed by atoms with van der Waals surface area (Å²) in [5, 5.41) is 2.03. The third-order valence-electron chi connectivity index (χ3n) is 4.50. The van der Waals surface area contributed by atoms with E-state index >= 15 is 0 Å². The van der Waals surface area contributed by atoms with Crippen molar-refractivity contribution in [2.24, 2.45) is 0 Å². The van der Waals surface area contributed by atoms with Crippen molar-refractivity contribution in [3.63, 3.8) is 0 Å². The van der Waals surface area contributed by atoms with Crippen LogP contribution in [0.5, 0.6) is 11.5 Å². The Morgan fingerprint density at radius 1 is 1.00 bits per heavy atom. The molecule has 0 spiro atoms. The monoisotopic (exact) mass is 528 g/mol. The largest absolute Gasteiger partial charge is 0.494 e. The first-order valence-electron chi connectivity index (χ1n) is 10.1. The highest BCUT2D eigenvalue weighted by molar-refractivity contribution is 7.92. The smallest absolute Gasteiger partial charge is 0.418 e. The van der Waals surface area contributed by atoms with Crippen LogP contribution in [0, 0.1) is 0 Å². The van der Waals surface area contributed by atoms with Gasteiger partial charge < -0.3 is 14.8 Å². The molecule has 3 rings (SSSR count). The van der Waals surface area contributed by atoms with E-state index in [1.807, 2.05) is 6.92 Å². The maximum Gasteiger partial charge on any atom is 0.418 e. The molecule has 1 amide bonds. The fourth-order valence-electron chi connectivity index (χ4n) is 2.93. The van der Waals surface area contributed by atoms with Gasteiger partial charge in [-0.25, -0.2) is 8.42 Å². The molecule has 3 aromatic carbocycles. The molecule has 0 heterocycles. The first kappa shape index (κ1) is 26.2. The minimum absolute atomic E-state index is 0.0223. The van der Waals surface area contributed by atoms with E-state index < -0.39 is 40.0 Å². The molecular formula is C23H20ClF3N2O5S. The standard InChI is InChI=1S/C23H20ClF3N2O5S/c1-2-33-16-9-7-15(8-10-16)29-35(31,32)17-11-12-21(19(24)13-17)34-14-22(30)28-20-6-4-3-5-18(20)23(25,26)27/h3-13,29H,2,14H2,1H3,(H,28,30). The fraction of sp³-hybridized carbons (Fsp3) is 0.174. The molecule has 0 atom stereocenters. The molecule has 2 N–H and O–H groups in total. The quantitative estimate of drug-likeness (QED) is 0.378. The lowest BCUT2D eigenvalue weighted by Crippen LogP contribution is -2.22. The lowest BCUT2D eigenvalue weighted by atomic mass is 10.1. The number of hydrogen-bond donors (Lipinski definition) is 2. The highest BCUT2D eigenvalue weighted by Gasteiger charge is 2.33. The number of carbonyl (C=O) groups excluding carboxylic acids is 1. The average molecular weight is 529 g/mol. The Hall–Kier alpha value is -3.44. The highest BCUT2D eigenvalue weighted by atomic mass is 35.5. The van der Waals surface area contributed by atoms with E-state index in [1.165, 1.54) is 36.4 Å². The van der Waals surface area contributed by atoms with E-state index in [9.17, 15) is 26.4 Å². The van der Waals surface area contributed by atoms with Crippen molar-refractivity contribution in [1.82, 2.24) is 0 Å². The van der Waals surface area contributed by atoms with Crippen LogP contribution in [0.3, 0.4) is 0 Å². The van der Waals surface area contributed by atoms with Crippen LogP contribution in [-0.4, -0.2) is 27.5 Å². The zero-order valence-corrected chi connectivity index (χ0v) is 19.8. The number of hydrogen-bond acceptors (Lipinski definition) is 5. The van der Waals surface area contributed by atoms with Crippen LogP contribution in [0.15, 0.2) is 71.6 Å². The summed E-state index contributed by atoms with van der Waals surface area (Å²) in [5.41, 5.74) is -1.11. The second-order valence-electron chi connectivity index (χ2n) is 7.04. The van der Waals surface area contributed by atoms with Gasteiger partial charge in [0.25, 0.3) is 15.9 Å². The Morgan fingerprint density at radius 3 is 2.31 bits per heavy atom. The van der Waals surface area contributed by atoms with E-state index in [-0.39, 0.29) is 15.7 Å². The topological polar surface area (TPSA) is 93.7 Å². The molecule has 0 saturated heterocycles. The van der Waals surface area contributed by atoms with Crippen molar-refractivity contribution in [3.8, 4) is 11.5 Å². The van der Waals surface area contributed by atoms with Gasteiger partial charge in [-0.15, -0.1) is 0 Å². The number of carbonyl (C=O) groups is 1. The number of ether oxygens (including phenoxy) is 2. The molecule has 0 bridgehead atoms. The van der Waals surface area contributed by atoms with Crippen molar-refractivity contribution in [2.75, 3.05) is 23.3 Å². The van der Waals surface area contributed by atoms with Crippen molar-refractivity contribution in [1.29, 1.82) is 0 Å². The minimum atomic E-state index is -4.64. The van der Waals surface area contributed by atoms with E-state index in [0.717, 1.165) is 18.2 Å². The Balaban J connectivity index is 1.64. The minimum Gasteiger partial charge on any atom is -0.494 e. The van der Waals surface area contributed by atoms with Crippen LogP contribution in [0.1, 0.15) is 12.5 Å². The van der Waals surface area contributed by atoms with Gasteiger partial charge in [-0.05, 0) is 61.5 Å².